The molecular weight excluding hydrogens is 514 g/mol. The zero-order valence-corrected chi connectivity index (χ0v) is 25.9. The van der Waals surface area contributed by atoms with Crippen molar-refractivity contribution in [2.45, 2.75) is 149 Å². The van der Waals surface area contributed by atoms with E-state index < -0.39 is 36.3 Å². The van der Waals surface area contributed by atoms with Crippen molar-refractivity contribution in [1.82, 2.24) is 4.90 Å². The van der Waals surface area contributed by atoms with E-state index >= 15 is 0 Å². The number of piperidine rings is 1. The summed E-state index contributed by atoms with van der Waals surface area (Å²) in [5.74, 6) is -1.05. The molecular formula is C31H55NO8. The van der Waals surface area contributed by atoms with Gasteiger partial charge in [-0.3, -0.25) is 24.1 Å². The number of nitrogens with zero attached hydrogens (tertiary/aromatic N) is 1. The van der Waals surface area contributed by atoms with E-state index in [0.29, 0.717) is 44.7 Å². The number of ether oxygens (including phenoxy) is 4. The Hall–Kier alpha value is -2.16. The first-order valence-electron chi connectivity index (χ1n) is 15.7. The zero-order chi connectivity index (χ0) is 29.9. The van der Waals surface area contributed by atoms with Crippen LogP contribution in [-0.2, 0) is 38.1 Å². The van der Waals surface area contributed by atoms with Crippen molar-refractivity contribution in [2.24, 2.45) is 5.92 Å². The summed E-state index contributed by atoms with van der Waals surface area (Å²) in [6, 6.07) is -0.536. The fourth-order valence-corrected chi connectivity index (χ4v) is 5.27. The Bertz CT molecular complexity index is 752. The minimum absolute atomic E-state index is 0.00736. The van der Waals surface area contributed by atoms with Crippen LogP contribution in [0.25, 0.3) is 0 Å². The smallest absolute Gasteiger partial charge is 0.306 e. The lowest BCUT2D eigenvalue weighted by molar-refractivity contribution is -0.210. The minimum Gasteiger partial charge on any atom is -0.464 e. The van der Waals surface area contributed by atoms with E-state index in [2.05, 4.69) is 18.7 Å². The SMILES string of the molecule is CCCC(=O)OC[C@@H]1[C@@H](OC(=O)CCC)[C@H](OC(=O)CCC)[C@@H](OC(=O)CCC)CN1CCC(CCC)CCC. The molecule has 232 valence electrons. The quantitative estimate of drug-likeness (QED) is 0.134. The number of esters is 4. The average Bonchev–Trinajstić information content (AvgIpc) is 2.89. The van der Waals surface area contributed by atoms with Gasteiger partial charge in [-0.05, 0) is 44.6 Å². The molecule has 0 bridgehead atoms. The van der Waals surface area contributed by atoms with Gasteiger partial charge in [0.25, 0.3) is 0 Å². The van der Waals surface area contributed by atoms with E-state index in [9.17, 15) is 19.2 Å². The lowest BCUT2D eigenvalue weighted by atomic mass is 9.90. The Morgan fingerprint density at radius 2 is 1.10 bits per heavy atom. The summed E-state index contributed by atoms with van der Waals surface area (Å²) < 4.78 is 23.4. The van der Waals surface area contributed by atoms with Gasteiger partial charge in [0.2, 0.25) is 0 Å². The molecule has 1 saturated heterocycles. The Labute approximate surface area is 242 Å². The molecule has 9 nitrogen and oxygen atoms in total. The van der Waals surface area contributed by atoms with Gasteiger partial charge >= 0.3 is 23.9 Å². The van der Waals surface area contributed by atoms with Gasteiger partial charge in [-0.15, -0.1) is 0 Å². The molecule has 0 N–H and O–H groups in total. The molecule has 0 saturated carbocycles. The predicted molar refractivity (Wildman–Crippen MR) is 154 cm³/mol. The van der Waals surface area contributed by atoms with Crippen molar-refractivity contribution < 1.29 is 38.1 Å². The molecule has 4 atom stereocenters. The molecule has 0 aliphatic carbocycles. The molecule has 1 aliphatic rings. The second-order valence-electron chi connectivity index (χ2n) is 10.9. The van der Waals surface area contributed by atoms with E-state index in [1.54, 1.807) is 0 Å². The second-order valence-corrected chi connectivity index (χ2v) is 10.9. The summed E-state index contributed by atoms with van der Waals surface area (Å²) in [6.45, 7) is 12.9. The molecule has 0 aromatic heterocycles. The van der Waals surface area contributed by atoms with Crippen molar-refractivity contribution in [3.8, 4) is 0 Å². The highest BCUT2D eigenvalue weighted by molar-refractivity contribution is 5.72. The monoisotopic (exact) mass is 569 g/mol. The van der Waals surface area contributed by atoms with Crippen molar-refractivity contribution in [2.75, 3.05) is 19.7 Å². The molecule has 1 fully saturated rings. The van der Waals surface area contributed by atoms with Crippen molar-refractivity contribution in [1.29, 1.82) is 0 Å². The summed E-state index contributed by atoms with van der Waals surface area (Å²) in [6.07, 6.45) is 5.94. The zero-order valence-electron chi connectivity index (χ0n) is 25.9. The summed E-state index contributed by atoms with van der Waals surface area (Å²) in [4.78, 5) is 52.7. The molecule has 1 aliphatic heterocycles. The molecule has 0 aromatic carbocycles. The predicted octanol–water partition coefficient (Wildman–Crippen LogP) is 5.76. The summed E-state index contributed by atoms with van der Waals surface area (Å²) in [5, 5.41) is 0. The van der Waals surface area contributed by atoms with E-state index in [-0.39, 0.29) is 44.2 Å². The fourth-order valence-electron chi connectivity index (χ4n) is 5.27. The average molecular weight is 570 g/mol. The minimum atomic E-state index is -0.992. The number of hydrogen-bond acceptors (Lipinski definition) is 9. The third-order valence-corrected chi connectivity index (χ3v) is 7.22. The molecule has 0 aromatic rings. The molecule has 0 spiro atoms. The highest BCUT2D eigenvalue weighted by Crippen LogP contribution is 2.30. The molecule has 40 heavy (non-hydrogen) atoms. The first kappa shape index (κ1) is 35.9. The van der Waals surface area contributed by atoms with Crippen LogP contribution in [0.1, 0.15) is 125 Å². The maximum Gasteiger partial charge on any atom is 0.306 e. The topological polar surface area (TPSA) is 108 Å². The van der Waals surface area contributed by atoms with Crippen LogP contribution in [0.3, 0.4) is 0 Å². The second kappa shape index (κ2) is 20.7. The molecule has 0 unspecified atom stereocenters. The van der Waals surface area contributed by atoms with Crippen LogP contribution in [0, 0.1) is 5.92 Å². The summed E-state index contributed by atoms with van der Waals surface area (Å²) in [7, 11) is 0. The maximum atomic E-state index is 12.8. The van der Waals surface area contributed by atoms with Crippen molar-refractivity contribution in [3.05, 3.63) is 0 Å². The first-order chi connectivity index (χ1) is 19.2. The van der Waals surface area contributed by atoms with Crippen LogP contribution in [-0.4, -0.2) is 72.8 Å². The van der Waals surface area contributed by atoms with Gasteiger partial charge in [0.15, 0.2) is 18.3 Å². The van der Waals surface area contributed by atoms with Crippen LogP contribution in [0.2, 0.25) is 0 Å². The first-order valence-corrected chi connectivity index (χ1v) is 15.7. The van der Waals surface area contributed by atoms with Crippen LogP contribution in [0.5, 0.6) is 0 Å². The van der Waals surface area contributed by atoms with Crippen LogP contribution >= 0.6 is 0 Å². The highest BCUT2D eigenvalue weighted by atomic mass is 16.6. The third-order valence-electron chi connectivity index (χ3n) is 7.22. The van der Waals surface area contributed by atoms with Gasteiger partial charge in [-0.2, -0.15) is 0 Å². The van der Waals surface area contributed by atoms with Gasteiger partial charge in [0.1, 0.15) is 6.61 Å². The molecule has 1 heterocycles. The van der Waals surface area contributed by atoms with Gasteiger partial charge in [-0.1, -0.05) is 67.2 Å². The fraction of sp³-hybridized carbons (Fsp3) is 0.871. The van der Waals surface area contributed by atoms with Gasteiger partial charge < -0.3 is 18.9 Å². The van der Waals surface area contributed by atoms with Crippen LogP contribution in [0.4, 0.5) is 0 Å². The Balaban J connectivity index is 3.46. The Morgan fingerprint density at radius 1 is 0.625 bits per heavy atom. The molecule has 0 radical (unpaired) electrons. The number of carbonyl (C=O) groups is 4. The lowest BCUT2D eigenvalue weighted by Crippen LogP contribution is -2.65. The largest absolute Gasteiger partial charge is 0.464 e. The summed E-state index contributed by atoms with van der Waals surface area (Å²) in [5.41, 5.74) is 0. The molecule has 1 rings (SSSR count). The van der Waals surface area contributed by atoms with E-state index in [1.165, 1.54) is 0 Å². The third kappa shape index (κ3) is 13.0. The van der Waals surface area contributed by atoms with Crippen LogP contribution < -0.4 is 0 Å². The standard InChI is InChI=1S/C31H55NO8/c1-7-13-23(14-8-2)19-20-32-21-25(38-27(34)16-10-4)31(40-29(36)18-12-6)30(39-28(35)17-11-5)24(32)22-37-26(33)15-9-3/h23-25,30-31H,7-22H2,1-6H3/t24-,25+,30-,31-/m1/s1. The number of hydrogen-bond donors (Lipinski definition) is 0. The van der Waals surface area contributed by atoms with Gasteiger partial charge in [-0.25, -0.2) is 0 Å². The van der Waals surface area contributed by atoms with Gasteiger partial charge in [0.05, 0.1) is 6.04 Å². The summed E-state index contributed by atoms with van der Waals surface area (Å²) >= 11 is 0. The highest BCUT2D eigenvalue weighted by Gasteiger charge is 2.50. The van der Waals surface area contributed by atoms with Crippen molar-refractivity contribution >= 4 is 23.9 Å². The van der Waals surface area contributed by atoms with Crippen molar-refractivity contribution in [3.63, 3.8) is 0 Å². The molecule has 0 amide bonds. The normalized spacial score (nSPS) is 21.2. The van der Waals surface area contributed by atoms with E-state index in [0.717, 1.165) is 32.1 Å². The Kier molecular flexibility index (Phi) is 18.5. The lowest BCUT2D eigenvalue weighted by Gasteiger charge is -2.47. The van der Waals surface area contributed by atoms with Gasteiger partial charge in [0, 0.05) is 32.2 Å². The molecule has 9 heteroatoms. The number of rotatable bonds is 20. The van der Waals surface area contributed by atoms with Crippen LogP contribution in [0.15, 0.2) is 0 Å². The van der Waals surface area contributed by atoms with E-state index in [1.807, 2.05) is 27.7 Å². The number of likely N-dealkylation sites (tertiary alicyclic amines) is 1. The maximum absolute atomic E-state index is 12.8. The number of carbonyl (C=O) groups excluding carboxylic acids is 4. The van der Waals surface area contributed by atoms with E-state index in [4.69, 9.17) is 18.9 Å². The Morgan fingerprint density at radius 3 is 1.60 bits per heavy atom.